The molecule has 0 radical (unpaired) electrons. The van der Waals surface area contributed by atoms with Crippen LogP contribution in [0.25, 0.3) is 10.9 Å². The van der Waals surface area contributed by atoms with Crippen molar-refractivity contribution in [2.24, 2.45) is 0 Å². The molecule has 0 aliphatic carbocycles. The van der Waals surface area contributed by atoms with Gasteiger partial charge in [-0.15, -0.1) is 0 Å². The van der Waals surface area contributed by atoms with Crippen molar-refractivity contribution in [2.45, 2.75) is 13.3 Å². The predicted octanol–water partition coefficient (Wildman–Crippen LogP) is 3.05. The second-order valence-corrected chi connectivity index (χ2v) is 5.27. The van der Waals surface area contributed by atoms with E-state index >= 15 is 0 Å². The summed E-state index contributed by atoms with van der Waals surface area (Å²) in [5.74, 6) is 0.0712. The first-order valence-corrected chi connectivity index (χ1v) is 7.39. The molecule has 4 nitrogen and oxygen atoms in total. The van der Waals surface area contributed by atoms with Gasteiger partial charge in [0.1, 0.15) is 17.3 Å². The summed E-state index contributed by atoms with van der Waals surface area (Å²) >= 11 is 0. The summed E-state index contributed by atoms with van der Waals surface area (Å²) in [7, 11) is 0. The SMILES string of the molecule is Cc1nc(C(=O)NCCc2ccc(F)cc2)c2ccccc2n1. The van der Waals surface area contributed by atoms with Crippen LogP contribution in [-0.4, -0.2) is 22.4 Å². The summed E-state index contributed by atoms with van der Waals surface area (Å²) in [6, 6.07) is 13.7. The van der Waals surface area contributed by atoms with E-state index in [1.54, 1.807) is 19.1 Å². The lowest BCUT2D eigenvalue weighted by Crippen LogP contribution is -2.27. The lowest BCUT2D eigenvalue weighted by Gasteiger charge is -2.08. The van der Waals surface area contributed by atoms with E-state index in [0.29, 0.717) is 24.5 Å². The molecular weight excluding hydrogens is 293 g/mol. The summed E-state index contributed by atoms with van der Waals surface area (Å²) in [6.45, 7) is 2.23. The Morgan fingerprint density at radius 2 is 1.83 bits per heavy atom. The zero-order chi connectivity index (χ0) is 16.2. The van der Waals surface area contributed by atoms with Crippen molar-refractivity contribution in [3.63, 3.8) is 0 Å². The highest BCUT2D eigenvalue weighted by Gasteiger charge is 2.13. The standard InChI is InChI=1S/C18H16FN3O/c1-12-21-16-5-3-2-4-15(16)17(22-12)18(23)20-11-10-13-6-8-14(19)9-7-13/h2-9H,10-11H2,1H3,(H,20,23). The van der Waals surface area contributed by atoms with Crippen molar-refractivity contribution in [1.82, 2.24) is 15.3 Å². The number of nitrogens with zero attached hydrogens (tertiary/aromatic N) is 2. The number of amides is 1. The topological polar surface area (TPSA) is 54.9 Å². The fourth-order valence-corrected chi connectivity index (χ4v) is 2.42. The fourth-order valence-electron chi connectivity index (χ4n) is 2.42. The van der Waals surface area contributed by atoms with E-state index in [0.717, 1.165) is 16.5 Å². The summed E-state index contributed by atoms with van der Waals surface area (Å²) < 4.78 is 12.9. The number of hydrogen-bond acceptors (Lipinski definition) is 3. The van der Waals surface area contributed by atoms with Crippen molar-refractivity contribution < 1.29 is 9.18 Å². The van der Waals surface area contributed by atoms with E-state index in [1.165, 1.54) is 12.1 Å². The van der Waals surface area contributed by atoms with Crippen molar-refractivity contribution in [3.8, 4) is 0 Å². The molecule has 0 aliphatic rings. The van der Waals surface area contributed by atoms with E-state index < -0.39 is 0 Å². The van der Waals surface area contributed by atoms with Gasteiger partial charge in [-0.2, -0.15) is 0 Å². The molecule has 3 rings (SSSR count). The van der Waals surface area contributed by atoms with E-state index in [1.807, 2.05) is 24.3 Å². The van der Waals surface area contributed by atoms with Gasteiger partial charge in [0.2, 0.25) is 0 Å². The number of fused-ring (bicyclic) bond motifs is 1. The highest BCUT2D eigenvalue weighted by Crippen LogP contribution is 2.15. The molecule has 0 unspecified atom stereocenters. The number of aromatic nitrogens is 2. The fraction of sp³-hybridized carbons (Fsp3) is 0.167. The molecule has 0 fully saturated rings. The van der Waals surface area contributed by atoms with Gasteiger partial charge >= 0.3 is 0 Å². The maximum absolute atomic E-state index is 12.9. The first kappa shape index (κ1) is 15.1. The Balaban J connectivity index is 1.72. The molecule has 0 bridgehead atoms. The third kappa shape index (κ3) is 3.51. The zero-order valence-electron chi connectivity index (χ0n) is 12.7. The van der Waals surface area contributed by atoms with E-state index in [-0.39, 0.29) is 11.7 Å². The second kappa shape index (κ2) is 6.52. The molecule has 1 amide bonds. The van der Waals surface area contributed by atoms with Crippen LogP contribution in [0.15, 0.2) is 48.5 Å². The molecule has 1 aromatic heterocycles. The molecule has 116 valence electrons. The summed E-state index contributed by atoms with van der Waals surface area (Å²) in [6.07, 6.45) is 0.633. The largest absolute Gasteiger partial charge is 0.350 e. The third-order valence-electron chi connectivity index (χ3n) is 3.54. The average Bonchev–Trinajstić information content (AvgIpc) is 2.55. The monoisotopic (exact) mass is 309 g/mol. The quantitative estimate of drug-likeness (QED) is 0.806. The first-order valence-electron chi connectivity index (χ1n) is 7.39. The van der Waals surface area contributed by atoms with Crippen molar-refractivity contribution >= 4 is 16.8 Å². The number of carbonyl (C=O) groups is 1. The van der Waals surface area contributed by atoms with E-state index in [9.17, 15) is 9.18 Å². The Bertz CT molecular complexity index is 847. The third-order valence-corrected chi connectivity index (χ3v) is 3.54. The molecule has 0 aliphatic heterocycles. The maximum Gasteiger partial charge on any atom is 0.270 e. The minimum atomic E-state index is -0.263. The molecule has 3 aromatic rings. The van der Waals surface area contributed by atoms with Gasteiger partial charge in [-0.25, -0.2) is 14.4 Å². The molecular formula is C18H16FN3O. The lowest BCUT2D eigenvalue weighted by molar-refractivity contribution is 0.0950. The molecule has 1 N–H and O–H groups in total. The van der Waals surface area contributed by atoms with Gasteiger partial charge in [-0.05, 0) is 37.1 Å². The zero-order valence-corrected chi connectivity index (χ0v) is 12.7. The normalized spacial score (nSPS) is 10.7. The number of hydrogen-bond donors (Lipinski definition) is 1. The molecule has 2 aromatic carbocycles. The number of benzene rings is 2. The van der Waals surface area contributed by atoms with Crippen LogP contribution in [0.1, 0.15) is 21.9 Å². The van der Waals surface area contributed by atoms with E-state index in [2.05, 4.69) is 15.3 Å². The molecule has 1 heterocycles. The highest BCUT2D eigenvalue weighted by atomic mass is 19.1. The van der Waals surface area contributed by atoms with Crippen LogP contribution in [0.5, 0.6) is 0 Å². The number of para-hydroxylation sites is 1. The lowest BCUT2D eigenvalue weighted by atomic mass is 10.1. The Kier molecular flexibility index (Phi) is 4.28. The van der Waals surface area contributed by atoms with Gasteiger partial charge in [0.05, 0.1) is 5.52 Å². The predicted molar refractivity (Wildman–Crippen MR) is 86.7 cm³/mol. The highest BCUT2D eigenvalue weighted by molar-refractivity contribution is 6.04. The van der Waals surface area contributed by atoms with Gasteiger partial charge in [-0.1, -0.05) is 30.3 Å². The maximum atomic E-state index is 12.9. The number of halogens is 1. The van der Waals surface area contributed by atoms with Gasteiger partial charge in [0, 0.05) is 11.9 Å². The van der Waals surface area contributed by atoms with Gasteiger partial charge < -0.3 is 5.32 Å². The van der Waals surface area contributed by atoms with Gasteiger partial charge in [0.15, 0.2) is 0 Å². The van der Waals surface area contributed by atoms with Crippen LogP contribution in [0.2, 0.25) is 0 Å². The summed E-state index contributed by atoms with van der Waals surface area (Å²) in [5.41, 5.74) is 2.10. The smallest absolute Gasteiger partial charge is 0.270 e. The van der Waals surface area contributed by atoms with Crippen LogP contribution in [0, 0.1) is 12.7 Å². The molecule has 23 heavy (non-hydrogen) atoms. The van der Waals surface area contributed by atoms with Crippen molar-refractivity contribution in [3.05, 3.63) is 71.4 Å². The molecule has 5 heteroatoms. The van der Waals surface area contributed by atoms with Crippen LogP contribution in [0.4, 0.5) is 4.39 Å². The van der Waals surface area contributed by atoms with Crippen LogP contribution < -0.4 is 5.32 Å². The van der Waals surface area contributed by atoms with Crippen molar-refractivity contribution in [2.75, 3.05) is 6.54 Å². The number of aryl methyl sites for hydroxylation is 1. The molecule has 0 saturated heterocycles. The van der Waals surface area contributed by atoms with Crippen LogP contribution in [-0.2, 0) is 6.42 Å². The van der Waals surface area contributed by atoms with Crippen LogP contribution >= 0.6 is 0 Å². The van der Waals surface area contributed by atoms with E-state index in [4.69, 9.17) is 0 Å². The number of rotatable bonds is 4. The second-order valence-electron chi connectivity index (χ2n) is 5.27. The Morgan fingerprint density at radius 3 is 2.61 bits per heavy atom. The first-order chi connectivity index (χ1) is 11.1. The minimum Gasteiger partial charge on any atom is -0.350 e. The summed E-state index contributed by atoms with van der Waals surface area (Å²) in [4.78, 5) is 21.0. The minimum absolute atomic E-state index is 0.228. The summed E-state index contributed by atoms with van der Waals surface area (Å²) in [5, 5.41) is 3.59. The molecule has 0 atom stereocenters. The Labute approximate surface area is 133 Å². The van der Waals surface area contributed by atoms with Crippen molar-refractivity contribution in [1.29, 1.82) is 0 Å². The van der Waals surface area contributed by atoms with Gasteiger partial charge in [0.25, 0.3) is 5.91 Å². The molecule has 0 spiro atoms. The number of carbonyl (C=O) groups excluding carboxylic acids is 1. The van der Waals surface area contributed by atoms with Gasteiger partial charge in [-0.3, -0.25) is 4.79 Å². The average molecular weight is 309 g/mol. The molecule has 0 saturated carbocycles. The number of nitrogens with one attached hydrogen (secondary N) is 1. The Hall–Kier alpha value is -2.82. The Morgan fingerprint density at radius 1 is 1.09 bits per heavy atom. The van der Waals surface area contributed by atoms with Crippen LogP contribution in [0.3, 0.4) is 0 Å².